The Bertz CT molecular complexity index is 611. The van der Waals surface area contributed by atoms with Crippen LogP contribution in [0.15, 0.2) is 6.07 Å². The molecule has 3 rings (SSSR count). The van der Waals surface area contributed by atoms with Gasteiger partial charge in [-0.2, -0.15) is 5.26 Å². The van der Waals surface area contributed by atoms with Gasteiger partial charge in [-0.3, -0.25) is 4.90 Å². The number of rotatable bonds is 4. The average Bonchev–Trinajstić information content (AvgIpc) is 2.61. The highest BCUT2D eigenvalue weighted by Crippen LogP contribution is 2.31. The lowest BCUT2D eigenvalue weighted by Gasteiger charge is -2.48. The predicted octanol–water partition coefficient (Wildman–Crippen LogP) is 3.02. The number of aryl methyl sites for hydroxylation is 2. The number of nitriles is 1. The molecule has 0 aromatic carbocycles. The van der Waals surface area contributed by atoms with Crippen LogP contribution < -0.4 is 5.32 Å². The van der Waals surface area contributed by atoms with E-state index in [1.807, 2.05) is 19.9 Å². The molecule has 0 aliphatic carbocycles. The lowest BCUT2D eigenvalue weighted by molar-refractivity contribution is -0.0293. The maximum Gasteiger partial charge on any atom is 0.144 e. The first-order valence-electron chi connectivity index (χ1n) is 9.10. The van der Waals surface area contributed by atoms with Crippen molar-refractivity contribution in [3.63, 3.8) is 0 Å². The SMILES string of the molecule is Cc1cc(C)c(C#N)c(NCC2(N3CCCCC3)CCOCC2)n1. The summed E-state index contributed by atoms with van der Waals surface area (Å²) in [6, 6.07) is 4.28. The monoisotopic (exact) mass is 328 g/mol. The predicted molar refractivity (Wildman–Crippen MR) is 95.1 cm³/mol. The van der Waals surface area contributed by atoms with E-state index < -0.39 is 0 Å². The fraction of sp³-hybridized carbons (Fsp3) is 0.684. The maximum absolute atomic E-state index is 9.48. The number of pyridine rings is 1. The third-order valence-electron chi connectivity index (χ3n) is 5.49. The molecule has 0 saturated carbocycles. The van der Waals surface area contributed by atoms with E-state index in [0.717, 1.165) is 49.7 Å². The van der Waals surface area contributed by atoms with Gasteiger partial charge in [-0.1, -0.05) is 6.42 Å². The first-order valence-corrected chi connectivity index (χ1v) is 9.10. The van der Waals surface area contributed by atoms with Crippen molar-refractivity contribution in [2.45, 2.75) is 51.5 Å². The van der Waals surface area contributed by atoms with Gasteiger partial charge in [0.1, 0.15) is 11.9 Å². The second-order valence-electron chi connectivity index (χ2n) is 7.15. The van der Waals surface area contributed by atoms with Crippen molar-refractivity contribution in [2.75, 3.05) is 38.2 Å². The standard InChI is InChI=1S/C19H28N4O/c1-15-12-16(2)22-18(17(15)13-20)21-14-19(6-10-24-11-7-19)23-8-4-3-5-9-23/h12H,3-11,14H2,1-2H3,(H,21,22). The van der Waals surface area contributed by atoms with Crippen LogP contribution in [0.5, 0.6) is 0 Å². The van der Waals surface area contributed by atoms with Gasteiger partial charge in [-0.15, -0.1) is 0 Å². The normalized spacial score (nSPS) is 21.2. The van der Waals surface area contributed by atoms with Crippen molar-refractivity contribution in [1.29, 1.82) is 5.26 Å². The molecule has 2 saturated heterocycles. The van der Waals surface area contributed by atoms with E-state index in [1.54, 1.807) is 0 Å². The average molecular weight is 328 g/mol. The number of ether oxygens (including phenoxy) is 1. The maximum atomic E-state index is 9.48. The fourth-order valence-electron chi connectivity index (χ4n) is 4.08. The van der Waals surface area contributed by atoms with Crippen LogP contribution in [-0.4, -0.2) is 48.3 Å². The van der Waals surface area contributed by atoms with E-state index in [9.17, 15) is 5.26 Å². The van der Waals surface area contributed by atoms with Crippen LogP contribution in [0.4, 0.5) is 5.82 Å². The summed E-state index contributed by atoms with van der Waals surface area (Å²) >= 11 is 0. The second-order valence-corrected chi connectivity index (χ2v) is 7.15. The summed E-state index contributed by atoms with van der Waals surface area (Å²) in [5, 5.41) is 13.0. The molecule has 0 spiro atoms. The van der Waals surface area contributed by atoms with E-state index in [4.69, 9.17) is 4.74 Å². The first kappa shape index (κ1) is 17.2. The number of piperidine rings is 1. The first-order chi connectivity index (χ1) is 11.6. The molecule has 2 aliphatic heterocycles. The molecule has 0 unspecified atom stereocenters. The van der Waals surface area contributed by atoms with Gasteiger partial charge < -0.3 is 10.1 Å². The minimum absolute atomic E-state index is 0.130. The number of aromatic nitrogens is 1. The van der Waals surface area contributed by atoms with Gasteiger partial charge in [0.15, 0.2) is 0 Å². The van der Waals surface area contributed by atoms with Gasteiger partial charge in [0.2, 0.25) is 0 Å². The molecule has 0 bridgehead atoms. The largest absolute Gasteiger partial charge is 0.381 e. The molecular formula is C19H28N4O. The Morgan fingerprint density at radius 2 is 1.96 bits per heavy atom. The van der Waals surface area contributed by atoms with Gasteiger partial charge in [0.25, 0.3) is 0 Å². The lowest BCUT2D eigenvalue weighted by atomic mass is 9.86. The van der Waals surface area contributed by atoms with Gasteiger partial charge in [0.05, 0.1) is 5.56 Å². The minimum Gasteiger partial charge on any atom is -0.381 e. The second kappa shape index (κ2) is 7.50. The molecule has 0 atom stereocenters. The van der Waals surface area contributed by atoms with Gasteiger partial charge in [-0.25, -0.2) is 4.98 Å². The molecule has 24 heavy (non-hydrogen) atoms. The van der Waals surface area contributed by atoms with Crippen molar-refractivity contribution in [3.05, 3.63) is 22.9 Å². The van der Waals surface area contributed by atoms with Crippen molar-refractivity contribution < 1.29 is 4.74 Å². The van der Waals surface area contributed by atoms with Crippen molar-refractivity contribution in [2.24, 2.45) is 0 Å². The zero-order valence-electron chi connectivity index (χ0n) is 14.9. The van der Waals surface area contributed by atoms with Gasteiger partial charge >= 0.3 is 0 Å². The Balaban J connectivity index is 1.80. The molecule has 5 heteroatoms. The summed E-state index contributed by atoms with van der Waals surface area (Å²) in [6.07, 6.45) is 6.01. The summed E-state index contributed by atoms with van der Waals surface area (Å²) in [6.45, 7) is 8.79. The fourth-order valence-corrected chi connectivity index (χ4v) is 4.08. The molecule has 0 amide bonds. The zero-order chi connectivity index (χ0) is 17.0. The summed E-state index contributed by atoms with van der Waals surface area (Å²) in [5.74, 6) is 0.734. The summed E-state index contributed by atoms with van der Waals surface area (Å²) in [4.78, 5) is 7.24. The zero-order valence-corrected chi connectivity index (χ0v) is 14.9. The smallest absolute Gasteiger partial charge is 0.144 e. The molecule has 1 N–H and O–H groups in total. The minimum atomic E-state index is 0.130. The van der Waals surface area contributed by atoms with E-state index in [0.29, 0.717) is 5.56 Å². The van der Waals surface area contributed by atoms with E-state index >= 15 is 0 Å². The van der Waals surface area contributed by atoms with Gasteiger partial charge in [0, 0.05) is 31.0 Å². The Labute approximate surface area is 145 Å². The third kappa shape index (κ3) is 3.55. The number of hydrogen-bond acceptors (Lipinski definition) is 5. The van der Waals surface area contributed by atoms with Crippen LogP contribution in [0.1, 0.15) is 48.9 Å². The Morgan fingerprint density at radius 1 is 1.25 bits per heavy atom. The topological polar surface area (TPSA) is 61.2 Å². The molecule has 130 valence electrons. The molecule has 2 fully saturated rings. The highest BCUT2D eigenvalue weighted by Gasteiger charge is 2.39. The van der Waals surface area contributed by atoms with Crippen LogP contribution >= 0.6 is 0 Å². The highest BCUT2D eigenvalue weighted by atomic mass is 16.5. The summed E-state index contributed by atoms with van der Waals surface area (Å²) in [7, 11) is 0. The lowest BCUT2D eigenvalue weighted by Crippen LogP contribution is -2.57. The van der Waals surface area contributed by atoms with Crippen LogP contribution in [0.3, 0.4) is 0 Å². The summed E-state index contributed by atoms with van der Waals surface area (Å²) in [5.41, 5.74) is 2.74. The quantitative estimate of drug-likeness (QED) is 0.920. The van der Waals surface area contributed by atoms with Crippen LogP contribution in [-0.2, 0) is 4.74 Å². The van der Waals surface area contributed by atoms with Crippen molar-refractivity contribution in [1.82, 2.24) is 9.88 Å². The Kier molecular flexibility index (Phi) is 5.37. The number of nitrogens with one attached hydrogen (secondary N) is 1. The number of hydrogen-bond donors (Lipinski definition) is 1. The Morgan fingerprint density at radius 3 is 2.62 bits per heavy atom. The number of likely N-dealkylation sites (tertiary alicyclic amines) is 1. The van der Waals surface area contributed by atoms with E-state index in [1.165, 1.54) is 32.4 Å². The number of nitrogens with zero attached hydrogens (tertiary/aromatic N) is 3. The Hall–Kier alpha value is -1.64. The van der Waals surface area contributed by atoms with E-state index in [2.05, 4.69) is 21.3 Å². The van der Waals surface area contributed by atoms with Crippen molar-refractivity contribution >= 4 is 5.82 Å². The van der Waals surface area contributed by atoms with Crippen LogP contribution in [0, 0.1) is 25.2 Å². The molecule has 0 radical (unpaired) electrons. The van der Waals surface area contributed by atoms with E-state index in [-0.39, 0.29) is 5.54 Å². The molecule has 2 aliphatic rings. The van der Waals surface area contributed by atoms with Crippen molar-refractivity contribution in [3.8, 4) is 6.07 Å². The highest BCUT2D eigenvalue weighted by molar-refractivity contribution is 5.56. The molecule has 1 aromatic rings. The molecule has 3 heterocycles. The molecule has 1 aromatic heterocycles. The third-order valence-corrected chi connectivity index (χ3v) is 5.49. The van der Waals surface area contributed by atoms with Crippen LogP contribution in [0.2, 0.25) is 0 Å². The van der Waals surface area contributed by atoms with Gasteiger partial charge in [-0.05, 0) is 64.3 Å². The summed E-state index contributed by atoms with van der Waals surface area (Å²) < 4.78 is 5.63. The van der Waals surface area contributed by atoms with Crippen LogP contribution in [0.25, 0.3) is 0 Å². The number of anilines is 1. The molecule has 5 nitrogen and oxygen atoms in total. The molecular weight excluding hydrogens is 300 g/mol.